The molecular weight excluding hydrogens is 436 g/mol. The third-order valence-electron chi connectivity index (χ3n) is 5.88. The van der Waals surface area contributed by atoms with Gasteiger partial charge in [0, 0.05) is 11.1 Å². The molecule has 0 aromatic heterocycles. The summed E-state index contributed by atoms with van der Waals surface area (Å²) in [6.45, 7) is 3.55. The summed E-state index contributed by atoms with van der Waals surface area (Å²) in [5.41, 5.74) is 3.63. The van der Waals surface area contributed by atoms with E-state index in [0.29, 0.717) is 17.9 Å². The van der Waals surface area contributed by atoms with Crippen LogP contribution in [0.3, 0.4) is 0 Å². The molecule has 0 N–H and O–H groups in total. The van der Waals surface area contributed by atoms with Gasteiger partial charge in [0.2, 0.25) is 0 Å². The molecule has 4 heteroatoms. The van der Waals surface area contributed by atoms with Gasteiger partial charge in [-0.25, -0.2) is 0 Å². The highest BCUT2D eigenvalue weighted by Gasteiger charge is 2.25. The molecule has 35 heavy (non-hydrogen) atoms. The van der Waals surface area contributed by atoms with Crippen LogP contribution in [0.25, 0.3) is 22.3 Å². The first-order chi connectivity index (χ1) is 17.0. The highest BCUT2D eigenvalue weighted by molar-refractivity contribution is 5.82. The number of benzene rings is 4. The highest BCUT2D eigenvalue weighted by Crippen LogP contribution is 2.32. The topological polar surface area (TPSA) is 52.6 Å². The lowest BCUT2D eigenvalue weighted by Crippen LogP contribution is -2.25. The maximum atomic E-state index is 12.9. The molecule has 0 aliphatic rings. The molecule has 0 spiro atoms. The molecule has 4 rings (SSSR count). The monoisotopic (exact) mass is 464 g/mol. The molecule has 2 unspecified atom stereocenters. The maximum Gasteiger partial charge on any atom is 0.314 e. The number of hydrogen-bond donors (Lipinski definition) is 0. The molecule has 0 radical (unpaired) electrons. The van der Waals surface area contributed by atoms with Crippen LogP contribution in [0.2, 0.25) is 0 Å². The van der Waals surface area contributed by atoms with E-state index in [1.165, 1.54) is 0 Å². The third kappa shape index (κ3) is 6.04. The molecule has 2 atom stereocenters. The minimum atomic E-state index is -0.481. The van der Waals surface area contributed by atoms with Crippen LogP contribution in [0.5, 0.6) is 11.5 Å². The summed E-state index contributed by atoms with van der Waals surface area (Å²) in [6, 6.07) is 34.5. The van der Waals surface area contributed by atoms with Crippen LogP contribution in [0.4, 0.5) is 0 Å². The van der Waals surface area contributed by atoms with Crippen molar-refractivity contribution in [1.29, 1.82) is 0 Å². The summed E-state index contributed by atoms with van der Waals surface area (Å²) in [6.07, 6.45) is 0.318. The number of rotatable bonds is 8. The SMILES string of the molecule is CC(CC(C)C(=O)Oc1ccccc1-c1ccccc1)C(=O)Oc1ccccc1-c1ccccc1. The van der Waals surface area contributed by atoms with Crippen LogP contribution in [-0.2, 0) is 9.59 Å². The number of carbonyl (C=O) groups excluding carboxylic acids is 2. The normalized spacial score (nSPS) is 12.4. The second kappa shape index (κ2) is 11.3. The van der Waals surface area contributed by atoms with Crippen molar-refractivity contribution in [3.63, 3.8) is 0 Å². The summed E-state index contributed by atoms with van der Waals surface area (Å²) in [4.78, 5) is 25.8. The standard InChI is InChI=1S/C31H28O4/c1-22(30(32)34-28-19-11-9-17-26(28)24-13-5-3-6-14-24)21-23(2)31(33)35-29-20-12-10-18-27(29)25-15-7-4-8-16-25/h3-20,22-23H,21H2,1-2H3. The lowest BCUT2D eigenvalue weighted by molar-refractivity contribution is -0.141. The van der Waals surface area contributed by atoms with Gasteiger partial charge in [0.15, 0.2) is 0 Å². The summed E-state index contributed by atoms with van der Waals surface area (Å²) >= 11 is 0. The molecule has 4 aromatic rings. The van der Waals surface area contributed by atoms with E-state index in [9.17, 15) is 9.59 Å². The van der Waals surface area contributed by atoms with Crippen LogP contribution in [-0.4, -0.2) is 11.9 Å². The molecule has 0 aliphatic carbocycles. The van der Waals surface area contributed by atoms with Crippen LogP contribution < -0.4 is 9.47 Å². The fraction of sp³-hybridized carbons (Fsp3) is 0.161. The summed E-state index contributed by atoms with van der Waals surface area (Å²) in [7, 11) is 0. The molecule has 0 aliphatic heterocycles. The molecule has 4 aromatic carbocycles. The molecule has 0 amide bonds. The van der Waals surface area contributed by atoms with E-state index >= 15 is 0 Å². The van der Waals surface area contributed by atoms with Crippen molar-refractivity contribution in [3.8, 4) is 33.8 Å². The second-order valence-corrected chi connectivity index (χ2v) is 8.60. The van der Waals surface area contributed by atoms with E-state index < -0.39 is 11.8 Å². The summed E-state index contributed by atoms with van der Waals surface area (Å²) in [5.74, 6) is -0.711. The third-order valence-corrected chi connectivity index (χ3v) is 5.88. The van der Waals surface area contributed by atoms with Gasteiger partial charge < -0.3 is 9.47 Å². The quantitative estimate of drug-likeness (QED) is 0.204. The molecule has 0 saturated carbocycles. The van der Waals surface area contributed by atoms with Crippen molar-refractivity contribution in [3.05, 3.63) is 109 Å². The Morgan fingerprint density at radius 2 is 0.886 bits per heavy atom. The molecule has 176 valence electrons. The Morgan fingerprint density at radius 3 is 1.29 bits per heavy atom. The fourth-order valence-electron chi connectivity index (χ4n) is 3.96. The fourth-order valence-corrected chi connectivity index (χ4v) is 3.96. The van der Waals surface area contributed by atoms with Crippen LogP contribution in [0.15, 0.2) is 109 Å². The number of esters is 2. The van der Waals surface area contributed by atoms with Gasteiger partial charge in [-0.1, -0.05) is 111 Å². The van der Waals surface area contributed by atoms with Crippen molar-refractivity contribution in [2.45, 2.75) is 20.3 Å². The van der Waals surface area contributed by atoms with E-state index in [4.69, 9.17) is 9.47 Å². The number of carbonyl (C=O) groups is 2. The Morgan fingerprint density at radius 1 is 0.543 bits per heavy atom. The Bertz CT molecular complexity index is 1180. The van der Waals surface area contributed by atoms with E-state index in [1.807, 2.05) is 97.1 Å². The van der Waals surface area contributed by atoms with Gasteiger partial charge in [-0.15, -0.1) is 0 Å². The zero-order valence-electron chi connectivity index (χ0n) is 19.9. The molecule has 0 bridgehead atoms. The van der Waals surface area contributed by atoms with Gasteiger partial charge in [-0.2, -0.15) is 0 Å². The van der Waals surface area contributed by atoms with Crippen molar-refractivity contribution < 1.29 is 19.1 Å². The average molecular weight is 465 g/mol. The van der Waals surface area contributed by atoms with E-state index in [1.54, 1.807) is 26.0 Å². The van der Waals surface area contributed by atoms with E-state index in [-0.39, 0.29) is 11.9 Å². The summed E-state index contributed by atoms with van der Waals surface area (Å²) < 4.78 is 11.5. The van der Waals surface area contributed by atoms with Crippen LogP contribution >= 0.6 is 0 Å². The second-order valence-electron chi connectivity index (χ2n) is 8.60. The van der Waals surface area contributed by atoms with Gasteiger partial charge in [0.1, 0.15) is 11.5 Å². The minimum absolute atomic E-state index is 0.318. The predicted molar refractivity (Wildman–Crippen MR) is 138 cm³/mol. The Balaban J connectivity index is 1.40. The van der Waals surface area contributed by atoms with E-state index in [0.717, 1.165) is 22.3 Å². The van der Waals surface area contributed by atoms with Crippen molar-refractivity contribution in [2.75, 3.05) is 0 Å². The Kier molecular flexibility index (Phi) is 7.74. The van der Waals surface area contributed by atoms with Crippen molar-refractivity contribution >= 4 is 11.9 Å². The molecule has 0 heterocycles. The molecule has 4 nitrogen and oxygen atoms in total. The van der Waals surface area contributed by atoms with Crippen LogP contribution in [0.1, 0.15) is 20.3 Å². The van der Waals surface area contributed by atoms with Gasteiger partial charge in [0.25, 0.3) is 0 Å². The lowest BCUT2D eigenvalue weighted by atomic mass is 9.97. The first-order valence-electron chi connectivity index (χ1n) is 11.7. The molecular formula is C31H28O4. The van der Waals surface area contributed by atoms with Gasteiger partial charge in [0.05, 0.1) is 11.8 Å². The predicted octanol–water partition coefficient (Wildman–Crippen LogP) is 7.19. The first-order valence-corrected chi connectivity index (χ1v) is 11.7. The van der Waals surface area contributed by atoms with Crippen molar-refractivity contribution in [1.82, 2.24) is 0 Å². The van der Waals surface area contributed by atoms with Crippen molar-refractivity contribution in [2.24, 2.45) is 11.8 Å². The summed E-state index contributed by atoms with van der Waals surface area (Å²) in [5, 5.41) is 0. The minimum Gasteiger partial charge on any atom is -0.426 e. The number of hydrogen-bond acceptors (Lipinski definition) is 4. The molecule has 0 saturated heterocycles. The zero-order chi connectivity index (χ0) is 24.6. The zero-order valence-corrected chi connectivity index (χ0v) is 19.9. The average Bonchev–Trinajstić information content (AvgIpc) is 2.90. The Hall–Kier alpha value is -4.18. The van der Waals surface area contributed by atoms with Gasteiger partial charge in [-0.3, -0.25) is 9.59 Å². The van der Waals surface area contributed by atoms with Gasteiger partial charge >= 0.3 is 11.9 Å². The maximum absolute atomic E-state index is 12.9. The first kappa shape index (κ1) is 24.0. The van der Waals surface area contributed by atoms with E-state index in [2.05, 4.69) is 0 Å². The van der Waals surface area contributed by atoms with Crippen LogP contribution in [0, 0.1) is 11.8 Å². The van der Waals surface area contributed by atoms with Gasteiger partial charge in [-0.05, 0) is 29.7 Å². The smallest absolute Gasteiger partial charge is 0.314 e. The largest absolute Gasteiger partial charge is 0.426 e. The Labute approximate surface area is 206 Å². The number of para-hydroxylation sites is 2. The highest BCUT2D eigenvalue weighted by atomic mass is 16.5. The lowest BCUT2D eigenvalue weighted by Gasteiger charge is -2.18. The number of ether oxygens (including phenoxy) is 2. The molecule has 0 fully saturated rings.